The van der Waals surface area contributed by atoms with Gasteiger partial charge in [-0.05, 0) is 6.07 Å². The molecule has 0 radical (unpaired) electrons. The summed E-state index contributed by atoms with van der Waals surface area (Å²) in [5.41, 5.74) is -1.73. The fourth-order valence-corrected chi connectivity index (χ4v) is 2.85. The van der Waals surface area contributed by atoms with E-state index in [0.717, 1.165) is 0 Å². The monoisotopic (exact) mass is 314 g/mol. The van der Waals surface area contributed by atoms with Crippen molar-refractivity contribution in [2.45, 2.75) is 4.90 Å². The lowest BCUT2D eigenvalue weighted by molar-refractivity contribution is 0.0678. The van der Waals surface area contributed by atoms with E-state index in [1.54, 1.807) is 0 Å². The van der Waals surface area contributed by atoms with Crippen molar-refractivity contribution in [3.63, 3.8) is 0 Å². The summed E-state index contributed by atoms with van der Waals surface area (Å²) < 4.78 is 31.0. The predicted octanol–water partition coefficient (Wildman–Crippen LogP) is 1.64. The Morgan fingerprint density at radius 2 is 1.61 bits per heavy atom. The highest BCUT2D eigenvalue weighted by Gasteiger charge is 2.30. The third-order valence-corrected chi connectivity index (χ3v) is 3.60. The number of benzene rings is 1. The second kappa shape index (κ2) is 4.73. The van der Waals surface area contributed by atoms with Crippen molar-refractivity contribution in [3.05, 3.63) is 27.2 Å². The van der Waals surface area contributed by atoms with Crippen LogP contribution in [0.15, 0.2) is 11.0 Å². The summed E-state index contributed by atoms with van der Waals surface area (Å²) in [5.74, 6) is -3.39. The molecule has 0 amide bonds. The first-order valence-electron chi connectivity index (χ1n) is 4.03. The molecule has 1 aromatic carbocycles. The van der Waals surface area contributed by atoms with Crippen LogP contribution in [0.5, 0.6) is 0 Å². The first-order chi connectivity index (χ1) is 8.07. The van der Waals surface area contributed by atoms with Gasteiger partial charge in [0.15, 0.2) is 0 Å². The third-order valence-electron chi connectivity index (χ3n) is 1.88. The Bertz CT molecular complexity index is 650. The summed E-state index contributed by atoms with van der Waals surface area (Å²) in [6.45, 7) is 0. The van der Waals surface area contributed by atoms with E-state index in [1.807, 2.05) is 0 Å². The molecule has 3 N–H and O–H groups in total. The molecule has 0 atom stereocenters. The van der Waals surface area contributed by atoms with E-state index in [1.165, 1.54) is 0 Å². The molecule has 0 bridgehead atoms. The quantitative estimate of drug-likeness (QED) is 0.723. The van der Waals surface area contributed by atoms with E-state index in [0.29, 0.717) is 6.07 Å². The van der Waals surface area contributed by atoms with Crippen molar-refractivity contribution >= 4 is 45.3 Å². The van der Waals surface area contributed by atoms with Crippen molar-refractivity contribution in [3.8, 4) is 0 Å². The molecular weight excluding hydrogens is 311 g/mol. The predicted molar refractivity (Wildman–Crippen MR) is 60.2 cm³/mol. The largest absolute Gasteiger partial charge is 0.478 e. The summed E-state index contributed by atoms with van der Waals surface area (Å²) in [7, 11) is -5.05. The first-order valence-corrected chi connectivity index (χ1v) is 6.23. The van der Waals surface area contributed by atoms with Gasteiger partial charge in [-0.25, -0.2) is 9.59 Å². The van der Waals surface area contributed by atoms with Gasteiger partial charge >= 0.3 is 11.9 Å². The van der Waals surface area contributed by atoms with E-state index in [4.69, 9.17) is 38.0 Å². The molecule has 0 fully saturated rings. The minimum atomic E-state index is -5.05. The molecule has 0 saturated heterocycles. The van der Waals surface area contributed by atoms with Gasteiger partial charge in [0.05, 0.1) is 15.6 Å². The molecule has 1 rings (SSSR count). The van der Waals surface area contributed by atoms with Crippen molar-refractivity contribution in [1.29, 1.82) is 0 Å². The number of hydrogen-bond donors (Lipinski definition) is 3. The molecule has 0 aliphatic rings. The fourth-order valence-electron chi connectivity index (χ4n) is 1.20. The molecule has 0 heterocycles. The van der Waals surface area contributed by atoms with Crippen LogP contribution in [0.1, 0.15) is 20.7 Å². The highest BCUT2D eigenvalue weighted by Crippen LogP contribution is 2.34. The number of rotatable bonds is 3. The lowest BCUT2D eigenvalue weighted by Crippen LogP contribution is -2.13. The van der Waals surface area contributed by atoms with Crippen LogP contribution in [0.3, 0.4) is 0 Å². The molecule has 98 valence electrons. The maximum Gasteiger partial charge on any atom is 0.338 e. The van der Waals surface area contributed by atoms with Gasteiger partial charge in [-0.15, -0.1) is 0 Å². The molecule has 0 spiro atoms. The van der Waals surface area contributed by atoms with Crippen molar-refractivity contribution < 1.29 is 32.8 Å². The zero-order valence-electron chi connectivity index (χ0n) is 8.22. The van der Waals surface area contributed by atoms with Crippen LogP contribution < -0.4 is 0 Å². The number of carbonyl (C=O) groups is 2. The number of hydrogen-bond acceptors (Lipinski definition) is 4. The standard InChI is InChI=1S/C8H4Cl2O7S/c9-3-1-2(7(11)12)5(10)6(18(15,16)17)4(3)8(13)14/h1H,(H,11,12)(H,13,14)(H,15,16,17). The zero-order chi connectivity index (χ0) is 14.2. The van der Waals surface area contributed by atoms with Crippen LogP contribution in [0.4, 0.5) is 0 Å². The zero-order valence-corrected chi connectivity index (χ0v) is 10.5. The lowest BCUT2D eigenvalue weighted by atomic mass is 10.1. The maximum atomic E-state index is 11.1. The van der Waals surface area contributed by atoms with Gasteiger partial charge in [-0.3, -0.25) is 4.55 Å². The van der Waals surface area contributed by atoms with Gasteiger partial charge < -0.3 is 10.2 Å². The van der Waals surface area contributed by atoms with E-state index in [2.05, 4.69) is 0 Å². The van der Waals surface area contributed by atoms with Crippen molar-refractivity contribution in [2.24, 2.45) is 0 Å². The Balaban J connectivity index is 3.95. The molecular formula is C8H4Cl2O7S. The molecule has 0 saturated carbocycles. The Kier molecular flexibility index (Phi) is 3.86. The minimum absolute atomic E-state index is 0.670. The Morgan fingerprint density at radius 1 is 1.11 bits per heavy atom. The van der Waals surface area contributed by atoms with Crippen molar-refractivity contribution in [1.82, 2.24) is 0 Å². The molecule has 10 heteroatoms. The van der Waals surface area contributed by atoms with E-state index < -0.39 is 48.1 Å². The number of halogens is 2. The van der Waals surface area contributed by atoms with E-state index in [9.17, 15) is 18.0 Å². The van der Waals surface area contributed by atoms with Crippen LogP contribution in [-0.4, -0.2) is 35.1 Å². The van der Waals surface area contributed by atoms with Gasteiger partial charge in [0, 0.05) is 0 Å². The van der Waals surface area contributed by atoms with Crippen LogP contribution >= 0.6 is 23.2 Å². The summed E-state index contributed by atoms with van der Waals surface area (Å²) in [4.78, 5) is 20.4. The second-order valence-corrected chi connectivity index (χ2v) is 5.15. The van der Waals surface area contributed by atoms with Gasteiger partial charge in [0.1, 0.15) is 10.5 Å². The molecule has 7 nitrogen and oxygen atoms in total. The van der Waals surface area contributed by atoms with Gasteiger partial charge in [0.2, 0.25) is 0 Å². The minimum Gasteiger partial charge on any atom is -0.478 e. The fraction of sp³-hybridized carbons (Fsp3) is 0. The van der Waals surface area contributed by atoms with Crippen LogP contribution in [0.25, 0.3) is 0 Å². The van der Waals surface area contributed by atoms with Gasteiger partial charge in [-0.1, -0.05) is 23.2 Å². The first kappa shape index (κ1) is 14.7. The number of aromatic carboxylic acids is 2. The second-order valence-electron chi connectivity index (χ2n) is 3.01. The molecule has 0 aliphatic carbocycles. The Labute approximate surface area is 110 Å². The number of carboxylic acids is 2. The van der Waals surface area contributed by atoms with Gasteiger partial charge in [-0.2, -0.15) is 8.42 Å². The summed E-state index contributed by atoms with van der Waals surface area (Å²) >= 11 is 10.9. The van der Waals surface area contributed by atoms with Crippen LogP contribution in [0, 0.1) is 0 Å². The summed E-state index contributed by atoms with van der Waals surface area (Å²) in [6, 6.07) is 0.685. The van der Waals surface area contributed by atoms with Gasteiger partial charge in [0.25, 0.3) is 10.1 Å². The highest BCUT2D eigenvalue weighted by molar-refractivity contribution is 7.86. The summed E-state index contributed by atoms with van der Waals surface area (Å²) in [5, 5.41) is 15.9. The van der Waals surface area contributed by atoms with Crippen LogP contribution in [0.2, 0.25) is 10.0 Å². The Hall–Kier alpha value is -1.35. The van der Waals surface area contributed by atoms with E-state index in [-0.39, 0.29) is 0 Å². The molecule has 0 aliphatic heterocycles. The molecule has 1 aromatic rings. The van der Waals surface area contributed by atoms with Crippen molar-refractivity contribution in [2.75, 3.05) is 0 Å². The van der Waals surface area contributed by atoms with Crippen LogP contribution in [-0.2, 0) is 10.1 Å². The smallest absolute Gasteiger partial charge is 0.338 e. The highest BCUT2D eigenvalue weighted by atomic mass is 35.5. The average molecular weight is 315 g/mol. The average Bonchev–Trinajstić information content (AvgIpc) is 2.17. The topological polar surface area (TPSA) is 129 Å². The number of carboxylic acid groups (broad SMARTS) is 2. The maximum absolute atomic E-state index is 11.1. The third kappa shape index (κ3) is 2.56. The molecule has 0 unspecified atom stereocenters. The SMILES string of the molecule is O=C(O)c1cc(Cl)c(C(=O)O)c(S(=O)(=O)O)c1Cl. The Morgan fingerprint density at radius 3 is 1.94 bits per heavy atom. The molecule has 0 aromatic heterocycles. The molecule has 18 heavy (non-hydrogen) atoms. The normalized spacial score (nSPS) is 11.3. The van der Waals surface area contributed by atoms with E-state index >= 15 is 0 Å². The lowest BCUT2D eigenvalue weighted by Gasteiger charge is -2.10. The summed E-state index contributed by atoms with van der Waals surface area (Å²) in [6.07, 6.45) is 0.